The molecule has 0 aromatic heterocycles. The van der Waals surface area contributed by atoms with Crippen molar-refractivity contribution >= 4 is 0 Å². The summed E-state index contributed by atoms with van der Waals surface area (Å²) in [4.78, 5) is 0. The molecule has 0 aliphatic heterocycles. The largest absolute Gasteiger partial charge is 0.396 e. The zero-order chi connectivity index (χ0) is 8.48. The van der Waals surface area contributed by atoms with Crippen molar-refractivity contribution in [2.45, 2.75) is 40.0 Å². The summed E-state index contributed by atoms with van der Waals surface area (Å²) in [6.07, 6.45) is 3.75. The van der Waals surface area contributed by atoms with Crippen LogP contribution in [0.3, 0.4) is 0 Å². The third-order valence-electron chi connectivity index (χ3n) is 3.20. The smallest absolute Gasteiger partial charge is 0.0484 e. The van der Waals surface area contributed by atoms with Crippen LogP contribution in [0.1, 0.15) is 40.0 Å². The van der Waals surface area contributed by atoms with Gasteiger partial charge in [0.25, 0.3) is 0 Å². The lowest BCUT2D eigenvalue weighted by Gasteiger charge is -2.21. The zero-order valence-electron chi connectivity index (χ0n) is 7.93. The molecule has 66 valence electrons. The van der Waals surface area contributed by atoms with Crippen LogP contribution in [-0.2, 0) is 0 Å². The summed E-state index contributed by atoms with van der Waals surface area (Å²) in [6.45, 7) is 7.15. The minimum absolute atomic E-state index is 0.245. The van der Waals surface area contributed by atoms with Crippen molar-refractivity contribution in [2.24, 2.45) is 17.3 Å². The molecule has 1 N–H and O–H groups in total. The van der Waals surface area contributed by atoms with E-state index in [2.05, 4.69) is 20.8 Å². The lowest BCUT2D eigenvalue weighted by Crippen LogP contribution is -2.17. The van der Waals surface area contributed by atoms with Crippen molar-refractivity contribution in [3.63, 3.8) is 0 Å². The second kappa shape index (κ2) is 3.14. The average molecular weight is 156 g/mol. The van der Waals surface area contributed by atoms with Gasteiger partial charge in [-0.1, -0.05) is 20.8 Å². The van der Waals surface area contributed by atoms with E-state index in [4.69, 9.17) is 5.11 Å². The highest BCUT2D eigenvalue weighted by Crippen LogP contribution is 2.43. The van der Waals surface area contributed by atoms with Gasteiger partial charge >= 0.3 is 0 Å². The third kappa shape index (κ3) is 1.96. The van der Waals surface area contributed by atoms with E-state index in [1.807, 2.05) is 0 Å². The third-order valence-corrected chi connectivity index (χ3v) is 3.20. The van der Waals surface area contributed by atoms with E-state index in [1.54, 1.807) is 0 Å². The number of hydrogen-bond donors (Lipinski definition) is 1. The van der Waals surface area contributed by atoms with Gasteiger partial charge in [-0.15, -0.1) is 0 Å². The van der Waals surface area contributed by atoms with Crippen molar-refractivity contribution in [1.29, 1.82) is 0 Å². The number of rotatable bonds is 2. The maximum atomic E-state index is 9.12. The predicted octanol–water partition coefficient (Wildman–Crippen LogP) is 2.44. The SMILES string of the molecule is CC(C)C1CC[C@](C)(CO)C1. The quantitative estimate of drug-likeness (QED) is 0.651. The molecule has 0 saturated heterocycles. The molecule has 1 fully saturated rings. The summed E-state index contributed by atoms with van der Waals surface area (Å²) in [6, 6.07) is 0. The molecule has 1 aliphatic carbocycles. The van der Waals surface area contributed by atoms with E-state index in [9.17, 15) is 0 Å². The molecule has 0 heterocycles. The Morgan fingerprint density at radius 3 is 2.45 bits per heavy atom. The molecule has 2 atom stereocenters. The first-order chi connectivity index (χ1) is 5.07. The molecule has 1 rings (SSSR count). The van der Waals surface area contributed by atoms with Gasteiger partial charge < -0.3 is 5.11 Å². The first-order valence-corrected chi connectivity index (χ1v) is 4.68. The van der Waals surface area contributed by atoms with Crippen LogP contribution in [0.5, 0.6) is 0 Å². The standard InChI is InChI=1S/C10H20O/c1-8(2)9-4-5-10(3,6-9)7-11/h8-9,11H,4-7H2,1-3H3/t9?,10-/m0/s1. The van der Waals surface area contributed by atoms with E-state index in [1.165, 1.54) is 19.3 Å². The Kier molecular flexibility index (Phi) is 2.58. The maximum absolute atomic E-state index is 9.12. The molecule has 0 spiro atoms. The van der Waals surface area contributed by atoms with Crippen LogP contribution in [0.25, 0.3) is 0 Å². The van der Waals surface area contributed by atoms with Crippen LogP contribution < -0.4 is 0 Å². The fourth-order valence-corrected chi connectivity index (χ4v) is 2.08. The summed E-state index contributed by atoms with van der Waals surface area (Å²) in [5.74, 6) is 1.65. The second-order valence-electron chi connectivity index (χ2n) is 4.72. The molecule has 0 bridgehead atoms. The van der Waals surface area contributed by atoms with E-state index in [0.717, 1.165) is 11.8 Å². The average Bonchev–Trinajstić information content (AvgIpc) is 2.33. The van der Waals surface area contributed by atoms with Gasteiger partial charge in [0, 0.05) is 6.61 Å². The molecule has 1 nitrogen and oxygen atoms in total. The molecular formula is C10H20O. The summed E-state index contributed by atoms with van der Waals surface area (Å²) in [7, 11) is 0. The molecule has 1 unspecified atom stereocenters. The van der Waals surface area contributed by atoms with Gasteiger partial charge in [-0.05, 0) is 36.5 Å². The van der Waals surface area contributed by atoms with E-state index in [-0.39, 0.29) is 5.41 Å². The molecule has 0 aromatic rings. The zero-order valence-corrected chi connectivity index (χ0v) is 7.93. The van der Waals surface area contributed by atoms with Gasteiger partial charge in [-0.2, -0.15) is 0 Å². The minimum atomic E-state index is 0.245. The Balaban J connectivity index is 2.46. The van der Waals surface area contributed by atoms with Crippen LogP contribution in [0.2, 0.25) is 0 Å². The molecule has 0 radical (unpaired) electrons. The highest BCUT2D eigenvalue weighted by Gasteiger charge is 2.35. The van der Waals surface area contributed by atoms with Gasteiger partial charge in [0.2, 0.25) is 0 Å². The van der Waals surface area contributed by atoms with E-state index >= 15 is 0 Å². The summed E-state index contributed by atoms with van der Waals surface area (Å²) >= 11 is 0. The minimum Gasteiger partial charge on any atom is -0.396 e. The molecule has 0 aromatic carbocycles. The molecule has 0 amide bonds. The Morgan fingerprint density at radius 2 is 2.18 bits per heavy atom. The molecule has 1 heteroatoms. The van der Waals surface area contributed by atoms with Crippen LogP contribution in [0, 0.1) is 17.3 Å². The first-order valence-electron chi connectivity index (χ1n) is 4.68. The van der Waals surface area contributed by atoms with Gasteiger partial charge in [-0.25, -0.2) is 0 Å². The van der Waals surface area contributed by atoms with E-state index < -0.39 is 0 Å². The van der Waals surface area contributed by atoms with Gasteiger partial charge in [0.15, 0.2) is 0 Å². The fraction of sp³-hybridized carbons (Fsp3) is 1.00. The van der Waals surface area contributed by atoms with Crippen molar-refractivity contribution < 1.29 is 5.11 Å². The predicted molar refractivity (Wildman–Crippen MR) is 47.4 cm³/mol. The van der Waals surface area contributed by atoms with Crippen molar-refractivity contribution in [3.05, 3.63) is 0 Å². The lowest BCUT2D eigenvalue weighted by atomic mass is 9.86. The Hall–Kier alpha value is -0.0400. The van der Waals surface area contributed by atoms with Crippen LogP contribution >= 0.6 is 0 Å². The van der Waals surface area contributed by atoms with Gasteiger partial charge in [-0.3, -0.25) is 0 Å². The van der Waals surface area contributed by atoms with Crippen LogP contribution in [0.4, 0.5) is 0 Å². The molecule has 11 heavy (non-hydrogen) atoms. The Bertz CT molecular complexity index is 131. The number of aliphatic hydroxyl groups excluding tert-OH is 1. The second-order valence-corrected chi connectivity index (χ2v) is 4.72. The topological polar surface area (TPSA) is 20.2 Å². The van der Waals surface area contributed by atoms with Crippen molar-refractivity contribution in [2.75, 3.05) is 6.61 Å². The Morgan fingerprint density at radius 1 is 1.55 bits per heavy atom. The van der Waals surface area contributed by atoms with Gasteiger partial charge in [0.05, 0.1) is 0 Å². The van der Waals surface area contributed by atoms with Crippen molar-refractivity contribution in [1.82, 2.24) is 0 Å². The highest BCUT2D eigenvalue weighted by atomic mass is 16.3. The summed E-state index contributed by atoms with van der Waals surface area (Å²) in [5, 5.41) is 9.12. The molecule has 1 saturated carbocycles. The summed E-state index contributed by atoms with van der Waals surface area (Å²) in [5.41, 5.74) is 0.245. The summed E-state index contributed by atoms with van der Waals surface area (Å²) < 4.78 is 0. The Labute approximate surface area is 69.8 Å². The van der Waals surface area contributed by atoms with Gasteiger partial charge in [0.1, 0.15) is 0 Å². The normalized spacial score (nSPS) is 38.5. The van der Waals surface area contributed by atoms with E-state index in [0.29, 0.717) is 6.61 Å². The maximum Gasteiger partial charge on any atom is 0.0484 e. The van der Waals surface area contributed by atoms with Crippen LogP contribution in [0.15, 0.2) is 0 Å². The lowest BCUT2D eigenvalue weighted by molar-refractivity contribution is 0.140. The first kappa shape index (κ1) is 9.05. The monoisotopic (exact) mass is 156 g/mol. The highest BCUT2D eigenvalue weighted by molar-refractivity contribution is 4.86. The molecule has 1 aliphatic rings. The fourth-order valence-electron chi connectivity index (χ4n) is 2.08. The van der Waals surface area contributed by atoms with Crippen LogP contribution in [-0.4, -0.2) is 11.7 Å². The molecular weight excluding hydrogens is 136 g/mol. The van der Waals surface area contributed by atoms with Crippen molar-refractivity contribution in [3.8, 4) is 0 Å². The number of aliphatic hydroxyl groups is 1. The number of hydrogen-bond acceptors (Lipinski definition) is 1.